The lowest BCUT2D eigenvalue weighted by atomic mass is 9.97. The van der Waals surface area contributed by atoms with Crippen molar-refractivity contribution in [3.8, 4) is 0 Å². The summed E-state index contributed by atoms with van der Waals surface area (Å²) in [7, 11) is 0. The number of piperidine rings is 1. The second-order valence-electron chi connectivity index (χ2n) is 4.46. The molecule has 1 aliphatic heterocycles. The SMILES string of the molecule is CC1NCCC/C1=C\CC1CC1(F)F. The molecule has 2 aliphatic rings. The van der Waals surface area contributed by atoms with Gasteiger partial charge in [-0.2, -0.15) is 0 Å². The molecule has 1 heterocycles. The van der Waals surface area contributed by atoms with Gasteiger partial charge < -0.3 is 5.32 Å². The number of nitrogens with one attached hydrogen (secondary N) is 1. The van der Waals surface area contributed by atoms with Crippen molar-refractivity contribution >= 4 is 0 Å². The molecule has 2 rings (SSSR count). The predicted molar refractivity (Wildman–Crippen MR) is 52.5 cm³/mol. The fourth-order valence-electron chi connectivity index (χ4n) is 2.06. The smallest absolute Gasteiger partial charge is 0.251 e. The zero-order valence-corrected chi connectivity index (χ0v) is 8.52. The zero-order valence-electron chi connectivity index (χ0n) is 8.52. The summed E-state index contributed by atoms with van der Waals surface area (Å²) in [6.07, 6.45) is 4.90. The Balaban J connectivity index is 1.85. The second-order valence-corrected chi connectivity index (χ2v) is 4.46. The van der Waals surface area contributed by atoms with E-state index >= 15 is 0 Å². The first-order valence-electron chi connectivity index (χ1n) is 5.40. The molecular formula is C11H17F2N. The highest BCUT2D eigenvalue weighted by Gasteiger charge is 2.55. The van der Waals surface area contributed by atoms with Crippen LogP contribution >= 0.6 is 0 Å². The van der Waals surface area contributed by atoms with Gasteiger partial charge in [0.1, 0.15) is 0 Å². The summed E-state index contributed by atoms with van der Waals surface area (Å²) in [4.78, 5) is 0. The molecule has 3 heteroatoms. The van der Waals surface area contributed by atoms with E-state index in [1.807, 2.05) is 6.08 Å². The summed E-state index contributed by atoms with van der Waals surface area (Å²) >= 11 is 0. The Morgan fingerprint density at radius 2 is 2.29 bits per heavy atom. The minimum atomic E-state index is -2.36. The minimum Gasteiger partial charge on any atom is -0.311 e. The Morgan fingerprint density at radius 1 is 1.57 bits per heavy atom. The third kappa shape index (κ3) is 2.14. The highest BCUT2D eigenvalue weighted by atomic mass is 19.3. The fourth-order valence-corrected chi connectivity index (χ4v) is 2.06. The normalized spacial score (nSPS) is 38.6. The maximum Gasteiger partial charge on any atom is 0.251 e. The molecule has 1 saturated heterocycles. The third-order valence-electron chi connectivity index (χ3n) is 3.27. The number of allylic oxidation sites excluding steroid dienone is 1. The van der Waals surface area contributed by atoms with E-state index in [4.69, 9.17) is 0 Å². The van der Waals surface area contributed by atoms with Gasteiger partial charge >= 0.3 is 0 Å². The van der Waals surface area contributed by atoms with Crippen molar-refractivity contribution in [2.24, 2.45) is 5.92 Å². The second kappa shape index (κ2) is 3.61. The van der Waals surface area contributed by atoms with Crippen molar-refractivity contribution in [1.29, 1.82) is 0 Å². The van der Waals surface area contributed by atoms with Crippen LogP contribution in [0.25, 0.3) is 0 Å². The van der Waals surface area contributed by atoms with E-state index in [9.17, 15) is 8.78 Å². The van der Waals surface area contributed by atoms with Crippen molar-refractivity contribution < 1.29 is 8.78 Å². The van der Waals surface area contributed by atoms with E-state index in [-0.39, 0.29) is 12.3 Å². The van der Waals surface area contributed by atoms with Gasteiger partial charge in [0.25, 0.3) is 5.92 Å². The first-order chi connectivity index (χ1) is 6.59. The van der Waals surface area contributed by atoms with Crippen LogP contribution in [-0.2, 0) is 0 Å². The van der Waals surface area contributed by atoms with Gasteiger partial charge in [-0.3, -0.25) is 0 Å². The van der Waals surface area contributed by atoms with Crippen LogP contribution < -0.4 is 5.32 Å². The maximum absolute atomic E-state index is 12.6. The van der Waals surface area contributed by atoms with Gasteiger partial charge in [0.15, 0.2) is 0 Å². The van der Waals surface area contributed by atoms with Crippen LogP contribution in [0.1, 0.15) is 32.6 Å². The molecule has 0 spiro atoms. The molecule has 14 heavy (non-hydrogen) atoms. The first-order valence-corrected chi connectivity index (χ1v) is 5.40. The third-order valence-corrected chi connectivity index (χ3v) is 3.27. The summed E-state index contributed by atoms with van der Waals surface area (Å²) in [5.41, 5.74) is 1.32. The van der Waals surface area contributed by atoms with Crippen LogP contribution in [0.3, 0.4) is 0 Å². The molecule has 0 aromatic heterocycles. The average Bonchev–Trinajstić information content (AvgIpc) is 2.73. The summed E-state index contributed by atoms with van der Waals surface area (Å²) in [5, 5.41) is 3.34. The van der Waals surface area contributed by atoms with Crippen LogP contribution in [0.5, 0.6) is 0 Å². The number of alkyl halides is 2. The van der Waals surface area contributed by atoms with Crippen molar-refractivity contribution in [2.45, 2.75) is 44.6 Å². The van der Waals surface area contributed by atoms with Crippen molar-refractivity contribution in [2.75, 3.05) is 6.54 Å². The lowest BCUT2D eigenvalue weighted by molar-refractivity contribution is 0.0994. The molecule has 1 N–H and O–H groups in total. The number of hydrogen-bond donors (Lipinski definition) is 1. The molecule has 0 amide bonds. The van der Waals surface area contributed by atoms with Crippen LogP contribution in [0.15, 0.2) is 11.6 Å². The lowest BCUT2D eigenvalue weighted by Crippen LogP contribution is -2.33. The molecule has 2 fully saturated rings. The van der Waals surface area contributed by atoms with Gasteiger partial charge in [-0.15, -0.1) is 0 Å². The summed E-state index contributed by atoms with van der Waals surface area (Å²) in [6, 6.07) is 0.385. The number of rotatable bonds is 2. The topological polar surface area (TPSA) is 12.0 Å². The molecule has 0 radical (unpaired) electrons. The van der Waals surface area contributed by atoms with Crippen molar-refractivity contribution in [1.82, 2.24) is 5.32 Å². The van der Waals surface area contributed by atoms with Gasteiger partial charge in [-0.05, 0) is 32.7 Å². The average molecular weight is 201 g/mol. The molecule has 1 aliphatic carbocycles. The van der Waals surface area contributed by atoms with Crippen LogP contribution in [0, 0.1) is 5.92 Å². The molecule has 0 aromatic rings. The van der Waals surface area contributed by atoms with E-state index in [1.165, 1.54) is 5.57 Å². The molecule has 1 nitrogen and oxygen atoms in total. The van der Waals surface area contributed by atoms with Gasteiger partial charge in [0.2, 0.25) is 0 Å². The largest absolute Gasteiger partial charge is 0.311 e. The molecule has 1 saturated carbocycles. The maximum atomic E-state index is 12.6. The Bertz CT molecular complexity index is 248. The number of halogens is 2. The summed E-state index contributed by atoms with van der Waals surface area (Å²) in [5.74, 6) is -2.73. The van der Waals surface area contributed by atoms with Gasteiger partial charge in [-0.1, -0.05) is 11.6 Å². The monoisotopic (exact) mass is 201 g/mol. The Labute approximate surface area is 83.6 Å². The van der Waals surface area contributed by atoms with E-state index in [0.29, 0.717) is 12.5 Å². The molecule has 2 unspecified atom stereocenters. The van der Waals surface area contributed by atoms with Crippen molar-refractivity contribution in [3.63, 3.8) is 0 Å². The zero-order chi connectivity index (χ0) is 10.2. The quantitative estimate of drug-likeness (QED) is 0.677. The Kier molecular flexibility index (Phi) is 2.60. The molecular weight excluding hydrogens is 184 g/mol. The van der Waals surface area contributed by atoms with Crippen LogP contribution in [-0.4, -0.2) is 18.5 Å². The lowest BCUT2D eigenvalue weighted by Gasteiger charge is -2.23. The standard InChI is InChI=1S/C11H17F2N/c1-8-9(3-2-6-14-8)4-5-10-7-11(10,12)13/h4,8,10,14H,2-3,5-7H2,1H3/b9-4+. The van der Waals surface area contributed by atoms with Gasteiger partial charge in [0.05, 0.1) is 0 Å². The molecule has 2 atom stereocenters. The first kappa shape index (κ1) is 10.1. The predicted octanol–water partition coefficient (Wildman–Crippen LogP) is 2.73. The van der Waals surface area contributed by atoms with Gasteiger partial charge in [-0.25, -0.2) is 8.78 Å². The molecule has 0 aromatic carbocycles. The van der Waals surface area contributed by atoms with Crippen LogP contribution in [0.2, 0.25) is 0 Å². The molecule has 80 valence electrons. The fraction of sp³-hybridized carbons (Fsp3) is 0.818. The summed E-state index contributed by atoms with van der Waals surface area (Å²) in [6.45, 7) is 3.16. The Morgan fingerprint density at radius 3 is 2.86 bits per heavy atom. The van der Waals surface area contributed by atoms with E-state index in [0.717, 1.165) is 19.4 Å². The van der Waals surface area contributed by atoms with E-state index in [2.05, 4.69) is 12.2 Å². The Hall–Kier alpha value is -0.440. The summed E-state index contributed by atoms with van der Waals surface area (Å²) < 4.78 is 25.2. The highest BCUT2D eigenvalue weighted by Crippen LogP contribution is 2.51. The molecule has 0 bridgehead atoms. The van der Waals surface area contributed by atoms with Crippen LogP contribution in [0.4, 0.5) is 8.78 Å². The highest BCUT2D eigenvalue weighted by molar-refractivity contribution is 5.14. The van der Waals surface area contributed by atoms with E-state index in [1.54, 1.807) is 0 Å². The minimum absolute atomic E-state index is 0.0958. The van der Waals surface area contributed by atoms with Crippen molar-refractivity contribution in [3.05, 3.63) is 11.6 Å². The van der Waals surface area contributed by atoms with E-state index < -0.39 is 5.92 Å². The van der Waals surface area contributed by atoms with Gasteiger partial charge in [0, 0.05) is 18.4 Å². The number of hydrogen-bond acceptors (Lipinski definition) is 1.